The molecule has 0 aliphatic carbocycles. The van der Waals surface area contributed by atoms with Crippen molar-refractivity contribution in [3.8, 4) is 5.75 Å². The summed E-state index contributed by atoms with van der Waals surface area (Å²) >= 11 is 0. The fraction of sp³-hybridized carbons (Fsp3) is 0.579. The van der Waals surface area contributed by atoms with Gasteiger partial charge in [-0.1, -0.05) is 26.0 Å². The van der Waals surface area contributed by atoms with Crippen LogP contribution in [0, 0.1) is 0 Å². The summed E-state index contributed by atoms with van der Waals surface area (Å²) in [6.07, 6.45) is 2.39. The Balaban J connectivity index is 2.26. The number of methoxy groups -OCH3 is 1. The van der Waals surface area contributed by atoms with Gasteiger partial charge in [-0.3, -0.25) is 9.79 Å². The number of nitrogens with zero attached hydrogens (tertiary/aromatic N) is 1. The van der Waals surface area contributed by atoms with Gasteiger partial charge in [0.2, 0.25) is 5.91 Å². The molecule has 25 heavy (non-hydrogen) atoms. The maximum Gasteiger partial charge on any atom is 0.221 e. The molecule has 0 aliphatic rings. The van der Waals surface area contributed by atoms with Crippen LogP contribution >= 0.6 is 0 Å². The number of nitrogens with one attached hydrogen (secondary N) is 3. The topological polar surface area (TPSA) is 74.8 Å². The number of aliphatic imine (C=N–C) groups is 1. The van der Waals surface area contributed by atoms with Gasteiger partial charge in [-0.15, -0.1) is 0 Å². The molecule has 140 valence electrons. The molecule has 6 heteroatoms. The molecule has 0 radical (unpaired) electrons. The highest BCUT2D eigenvalue weighted by atomic mass is 16.5. The highest BCUT2D eigenvalue weighted by Gasteiger charge is 2.07. The molecule has 3 N–H and O–H groups in total. The van der Waals surface area contributed by atoms with Gasteiger partial charge < -0.3 is 20.7 Å². The van der Waals surface area contributed by atoms with Crippen LogP contribution in [0.2, 0.25) is 0 Å². The van der Waals surface area contributed by atoms with Crippen LogP contribution < -0.4 is 20.7 Å². The summed E-state index contributed by atoms with van der Waals surface area (Å²) in [5.74, 6) is 2.11. The van der Waals surface area contributed by atoms with Gasteiger partial charge in [-0.05, 0) is 36.5 Å². The zero-order chi connectivity index (χ0) is 18.5. The molecule has 0 heterocycles. The molecule has 1 amide bonds. The van der Waals surface area contributed by atoms with Crippen molar-refractivity contribution in [3.63, 3.8) is 0 Å². The number of ether oxygens (including phenoxy) is 1. The molecule has 0 saturated heterocycles. The molecule has 1 rings (SSSR count). The lowest BCUT2D eigenvalue weighted by Gasteiger charge is -2.15. The van der Waals surface area contributed by atoms with Gasteiger partial charge in [0, 0.05) is 33.1 Å². The van der Waals surface area contributed by atoms with Crippen LogP contribution in [0.4, 0.5) is 0 Å². The van der Waals surface area contributed by atoms with Crippen molar-refractivity contribution in [3.05, 3.63) is 29.8 Å². The molecule has 0 spiro atoms. The third-order valence-electron chi connectivity index (χ3n) is 3.99. The zero-order valence-corrected chi connectivity index (χ0v) is 15.9. The van der Waals surface area contributed by atoms with Crippen LogP contribution in [-0.4, -0.2) is 45.7 Å². The molecule has 0 saturated carbocycles. The Hall–Kier alpha value is -2.24. The Morgan fingerprint density at radius 1 is 1.12 bits per heavy atom. The molecular formula is C19H32N4O2. The average Bonchev–Trinajstić information content (AvgIpc) is 2.64. The summed E-state index contributed by atoms with van der Waals surface area (Å²) in [6.45, 7) is 6.36. The lowest BCUT2D eigenvalue weighted by atomic mass is 9.98. The molecule has 0 fully saturated rings. The van der Waals surface area contributed by atoms with E-state index in [1.807, 2.05) is 19.1 Å². The van der Waals surface area contributed by atoms with Crippen LogP contribution in [0.1, 0.15) is 44.6 Å². The van der Waals surface area contributed by atoms with Crippen molar-refractivity contribution >= 4 is 11.9 Å². The van der Waals surface area contributed by atoms with E-state index in [1.165, 1.54) is 5.56 Å². The van der Waals surface area contributed by atoms with Crippen molar-refractivity contribution in [2.45, 2.75) is 39.0 Å². The summed E-state index contributed by atoms with van der Waals surface area (Å²) < 4.78 is 5.19. The zero-order valence-electron chi connectivity index (χ0n) is 15.9. The maximum atomic E-state index is 11.6. The molecular weight excluding hydrogens is 316 g/mol. The van der Waals surface area contributed by atoms with E-state index >= 15 is 0 Å². The van der Waals surface area contributed by atoms with Crippen LogP contribution in [0.3, 0.4) is 0 Å². The van der Waals surface area contributed by atoms with Crippen molar-refractivity contribution in [1.29, 1.82) is 0 Å². The van der Waals surface area contributed by atoms with Gasteiger partial charge >= 0.3 is 0 Å². The lowest BCUT2D eigenvalue weighted by Crippen LogP contribution is -2.40. The van der Waals surface area contributed by atoms with E-state index in [-0.39, 0.29) is 5.91 Å². The SMILES string of the molecule is CCCNC(=O)CCNC(=NC)NCCC(C)c1ccc(OC)cc1. The fourth-order valence-corrected chi connectivity index (χ4v) is 2.37. The maximum absolute atomic E-state index is 11.6. The van der Waals surface area contributed by atoms with E-state index in [0.717, 1.165) is 37.6 Å². The Morgan fingerprint density at radius 2 is 1.80 bits per heavy atom. The normalized spacial score (nSPS) is 12.4. The predicted octanol–water partition coefficient (Wildman–Crippen LogP) is 2.27. The standard InChI is InChI=1S/C19H32N4O2/c1-5-12-21-18(24)11-14-23-19(20-3)22-13-10-15(2)16-6-8-17(25-4)9-7-16/h6-9,15H,5,10-14H2,1-4H3,(H,21,24)(H2,20,22,23). The lowest BCUT2D eigenvalue weighted by molar-refractivity contribution is -0.120. The van der Waals surface area contributed by atoms with Crippen LogP contribution in [0.25, 0.3) is 0 Å². The number of rotatable bonds is 10. The fourth-order valence-electron chi connectivity index (χ4n) is 2.37. The average molecular weight is 348 g/mol. The van der Waals surface area contributed by atoms with E-state index in [0.29, 0.717) is 18.9 Å². The number of hydrogen-bond donors (Lipinski definition) is 3. The van der Waals surface area contributed by atoms with Gasteiger partial charge in [0.15, 0.2) is 5.96 Å². The molecule has 6 nitrogen and oxygen atoms in total. The second-order valence-corrected chi connectivity index (χ2v) is 5.99. The number of carbonyl (C=O) groups excluding carboxylic acids is 1. The van der Waals surface area contributed by atoms with Gasteiger partial charge in [0.1, 0.15) is 5.75 Å². The summed E-state index contributed by atoms with van der Waals surface area (Å²) in [5, 5.41) is 9.32. The highest BCUT2D eigenvalue weighted by Crippen LogP contribution is 2.21. The summed E-state index contributed by atoms with van der Waals surface area (Å²) in [4.78, 5) is 15.7. The highest BCUT2D eigenvalue weighted by molar-refractivity contribution is 5.81. The first kappa shape index (κ1) is 20.8. The third kappa shape index (κ3) is 8.42. The molecule has 1 aromatic carbocycles. The molecule has 1 unspecified atom stereocenters. The molecule has 0 aromatic heterocycles. The minimum atomic E-state index is 0.0675. The Morgan fingerprint density at radius 3 is 2.40 bits per heavy atom. The number of carbonyl (C=O) groups is 1. The van der Waals surface area contributed by atoms with E-state index in [1.54, 1.807) is 14.2 Å². The molecule has 0 aliphatic heterocycles. The molecule has 1 aromatic rings. The Labute approximate surface area is 151 Å². The first-order valence-corrected chi connectivity index (χ1v) is 8.95. The number of benzene rings is 1. The van der Waals surface area contributed by atoms with Gasteiger partial charge in [-0.25, -0.2) is 0 Å². The van der Waals surface area contributed by atoms with Crippen molar-refractivity contribution < 1.29 is 9.53 Å². The minimum Gasteiger partial charge on any atom is -0.497 e. The van der Waals surface area contributed by atoms with Crippen molar-refractivity contribution in [2.75, 3.05) is 33.8 Å². The molecule has 0 bridgehead atoms. The van der Waals surface area contributed by atoms with E-state index in [9.17, 15) is 4.79 Å². The largest absolute Gasteiger partial charge is 0.497 e. The Kier molecular flexibility index (Phi) is 10.1. The second-order valence-electron chi connectivity index (χ2n) is 5.99. The van der Waals surface area contributed by atoms with Gasteiger partial charge in [0.25, 0.3) is 0 Å². The summed E-state index contributed by atoms with van der Waals surface area (Å²) in [7, 11) is 3.41. The Bertz CT molecular complexity index is 529. The van der Waals surface area contributed by atoms with E-state index in [4.69, 9.17) is 4.74 Å². The van der Waals surface area contributed by atoms with Crippen LogP contribution in [0.15, 0.2) is 29.3 Å². The molecule has 1 atom stereocenters. The quantitative estimate of drug-likeness (QED) is 0.448. The minimum absolute atomic E-state index is 0.0675. The van der Waals surface area contributed by atoms with E-state index in [2.05, 4.69) is 40.0 Å². The second kappa shape index (κ2) is 12.2. The van der Waals surface area contributed by atoms with Gasteiger partial charge in [0.05, 0.1) is 7.11 Å². The number of hydrogen-bond acceptors (Lipinski definition) is 3. The first-order chi connectivity index (χ1) is 12.1. The first-order valence-electron chi connectivity index (χ1n) is 8.95. The summed E-state index contributed by atoms with van der Waals surface area (Å²) in [5.41, 5.74) is 1.29. The summed E-state index contributed by atoms with van der Waals surface area (Å²) in [6, 6.07) is 8.18. The third-order valence-corrected chi connectivity index (χ3v) is 3.99. The van der Waals surface area contributed by atoms with Crippen molar-refractivity contribution in [2.24, 2.45) is 4.99 Å². The number of guanidine groups is 1. The smallest absolute Gasteiger partial charge is 0.221 e. The van der Waals surface area contributed by atoms with Gasteiger partial charge in [-0.2, -0.15) is 0 Å². The van der Waals surface area contributed by atoms with E-state index < -0.39 is 0 Å². The van der Waals surface area contributed by atoms with Crippen LogP contribution in [0.5, 0.6) is 5.75 Å². The number of amides is 1. The predicted molar refractivity (Wildman–Crippen MR) is 103 cm³/mol. The monoisotopic (exact) mass is 348 g/mol. The van der Waals surface area contributed by atoms with Crippen LogP contribution in [-0.2, 0) is 4.79 Å². The van der Waals surface area contributed by atoms with Crippen molar-refractivity contribution in [1.82, 2.24) is 16.0 Å².